The van der Waals surface area contributed by atoms with Crippen LogP contribution in [-0.4, -0.2) is 12.1 Å². The topological polar surface area (TPSA) is 79.0 Å². The minimum atomic E-state index is 0.342. The molecule has 0 aromatic heterocycles. The molecule has 66 valence electrons. The number of allylic oxidation sites excluding steroid dienone is 1. The predicted octanol–water partition coefficient (Wildman–Crippen LogP) is 0.496. The molecule has 0 radical (unpaired) electrons. The van der Waals surface area contributed by atoms with Crippen LogP contribution in [0.25, 0.3) is 0 Å². The Morgan fingerprint density at radius 3 is 2.75 bits per heavy atom. The second-order valence-corrected chi connectivity index (χ2v) is 2.84. The summed E-state index contributed by atoms with van der Waals surface area (Å²) < 4.78 is 0. The van der Waals surface area contributed by atoms with Gasteiger partial charge in [0, 0.05) is 11.3 Å². The standard InChI is InChI=1S/C8H13N3O/c9-7-4-2-1-3-6(7)8(10)11-5-12/h5,9H,1-4,10H2,(H,11,12)/b8-6+,9-7?. The number of hydrogen-bond donors (Lipinski definition) is 3. The van der Waals surface area contributed by atoms with Gasteiger partial charge in [0.05, 0.1) is 0 Å². The van der Waals surface area contributed by atoms with Gasteiger partial charge in [-0.25, -0.2) is 0 Å². The van der Waals surface area contributed by atoms with Crippen molar-refractivity contribution in [1.29, 1.82) is 5.41 Å². The highest BCUT2D eigenvalue weighted by atomic mass is 16.1. The average molecular weight is 167 g/mol. The van der Waals surface area contributed by atoms with Crippen LogP contribution in [-0.2, 0) is 4.79 Å². The fourth-order valence-electron chi connectivity index (χ4n) is 1.35. The van der Waals surface area contributed by atoms with Crippen molar-refractivity contribution in [2.45, 2.75) is 25.7 Å². The Morgan fingerprint density at radius 2 is 2.17 bits per heavy atom. The zero-order valence-electron chi connectivity index (χ0n) is 6.89. The number of carbonyl (C=O) groups excluding carboxylic acids is 1. The molecule has 1 amide bonds. The minimum absolute atomic E-state index is 0.342. The van der Waals surface area contributed by atoms with Crippen LogP contribution in [0.5, 0.6) is 0 Å². The first-order valence-corrected chi connectivity index (χ1v) is 4.02. The molecule has 4 heteroatoms. The second-order valence-electron chi connectivity index (χ2n) is 2.84. The molecule has 0 spiro atoms. The number of rotatable bonds is 2. The van der Waals surface area contributed by atoms with E-state index in [0.717, 1.165) is 31.3 Å². The molecule has 0 atom stereocenters. The predicted molar refractivity (Wildman–Crippen MR) is 46.6 cm³/mol. The third-order valence-corrected chi connectivity index (χ3v) is 2.01. The normalized spacial score (nSPS) is 21.8. The molecule has 1 saturated carbocycles. The van der Waals surface area contributed by atoms with Gasteiger partial charge in [-0.3, -0.25) is 4.79 Å². The largest absolute Gasteiger partial charge is 0.385 e. The van der Waals surface area contributed by atoms with Crippen LogP contribution in [0.4, 0.5) is 0 Å². The van der Waals surface area contributed by atoms with Crippen molar-refractivity contribution in [1.82, 2.24) is 5.32 Å². The van der Waals surface area contributed by atoms with Crippen molar-refractivity contribution in [2.24, 2.45) is 5.73 Å². The SMILES string of the molecule is N=C1CCCC/C1=C(/N)NC=O. The summed E-state index contributed by atoms with van der Waals surface area (Å²) in [6.07, 6.45) is 4.24. The Bertz CT molecular complexity index is 232. The van der Waals surface area contributed by atoms with E-state index >= 15 is 0 Å². The van der Waals surface area contributed by atoms with E-state index < -0.39 is 0 Å². The fraction of sp³-hybridized carbons (Fsp3) is 0.500. The maximum atomic E-state index is 10.1. The lowest BCUT2D eigenvalue weighted by Gasteiger charge is -2.17. The number of nitrogens with one attached hydrogen (secondary N) is 2. The van der Waals surface area contributed by atoms with Gasteiger partial charge in [-0.1, -0.05) is 0 Å². The van der Waals surface area contributed by atoms with Crippen molar-refractivity contribution in [3.63, 3.8) is 0 Å². The Morgan fingerprint density at radius 1 is 1.50 bits per heavy atom. The first kappa shape index (κ1) is 8.77. The summed E-state index contributed by atoms with van der Waals surface area (Å²) >= 11 is 0. The molecular formula is C8H13N3O. The fourth-order valence-corrected chi connectivity index (χ4v) is 1.35. The van der Waals surface area contributed by atoms with E-state index in [1.165, 1.54) is 0 Å². The quantitative estimate of drug-likeness (QED) is 0.523. The minimum Gasteiger partial charge on any atom is -0.385 e. The number of carbonyl (C=O) groups is 1. The van der Waals surface area contributed by atoms with E-state index in [4.69, 9.17) is 11.1 Å². The summed E-state index contributed by atoms with van der Waals surface area (Å²) in [5, 5.41) is 9.94. The van der Waals surface area contributed by atoms with Crippen molar-refractivity contribution >= 4 is 12.1 Å². The van der Waals surface area contributed by atoms with Gasteiger partial charge in [0.15, 0.2) is 0 Å². The van der Waals surface area contributed by atoms with Crippen molar-refractivity contribution in [3.8, 4) is 0 Å². The molecule has 0 heterocycles. The molecule has 0 aromatic rings. The Kier molecular flexibility index (Phi) is 2.85. The van der Waals surface area contributed by atoms with Gasteiger partial charge in [0.25, 0.3) is 0 Å². The van der Waals surface area contributed by atoms with Crippen molar-refractivity contribution < 1.29 is 4.79 Å². The monoisotopic (exact) mass is 167 g/mol. The average Bonchev–Trinajstić information content (AvgIpc) is 2.05. The highest BCUT2D eigenvalue weighted by Gasteiger charge is 2.14. The number of nitrogens with two attached hydrogens (primary N) is 1. The first-order chi connectivity index (χ1) is 5.75. The Balaban J connectivity index is 2.74. The molecule has 0 aromatic carbocycles. The lowest BCUT2D eigenvalue weighted by atomic mass is 9.93. The maximum absolute atomic E-state index is 10.1. The Labute approximate surface area is 71.3 Å². The van der Waals surface area contributed by atoms with Gasteiger partial charge in [0.2, 0.25) is 6.41 Å². The van der Waals surface area contributed by atoms with E-state index in [2.05, 4.69) is 5.32 Å². The number of amides is 1. The lowest BCUT2D eigenvalue weighted by Crippen LogP contribution is -2.24. The zero-order chi connectivity index (χ0) is 8.97. The van der Waals surface area contributed by atoms with Crippen molar-refractivity contribution in [3.05, 3.63) is 11.4 Å². The summed E-state index contributed by atoms with van der Waals surface area (Å²) in [6.45, 7) is 0. The highest BCUT2D eigenvalue weighted by Crippen LogP contribution is 2.20. The summed E-state index contributed by atoms with van der Waals surface area (Å²) in [5.41, 5.74) is 6.91. The molecule has 1 rings (SSSR count). The van der Waals surface area contributed by atoms with Crippen LogP contribution in [0.1, 0.15) is 25.7 Å². The smallest absolute Gasteiger partial charge is 0.212 e. The molecule has 1 fully saturated rings. The van der Waals surface area contributed by atoms with Crippen LogP contribution in [0.3, 0.4) is 0 Å². The molecule has 1 aliphatic carbocycles. The third kappa shape index (κ3) is 1.84. The maximum Gasteiger partial charge on any atom is 0.212 e. The third-order valence-electron chi connectivity index (χ3n) is 2.01. The summed E-state index contributed by atoms with van der Waals surface area (Å²) in [4.78, 5) is 10.1. The van der Waals surface area contributed by atoms with Crippen LogP contribution in [0, 0.1) is 5.41 Å². The zero-order valence-corrected chi connectivity index (χ0v) is 6.89. The summed E-state index contributed by atoms with van der Waals surface area (Å²) in [7, 11) is 0. The van der Waals surface area contributed by atoms with Crippen molar-refractivity contribution in [2.75, 3.05) is 0 Å². The molecule has 0 aliphatic heterocycles. The summed E-state index contributed by atoms with van der Waals surface area (Å²) in [5.74, 6) is 0.342. The molecule has 4 N–H and O–H groups in total. The molecule has 1 aliphatic rings. The summed E-state index contributed by atoms with van der Waals surface area (Å²) in [6, 6.07) is 0. The van der Waals surface area contributed by atoms with E-state index in [1.807, 2.05) is 0 Å². The Hall–Kier alpha value is -1.32. The first-order valence-electron chi connectivity index (χ1n) is 4.02. The van der Waals surface area contributed by atoms with E-state index in [9.17, 15) is 4.79 Å². The van der Waals surface area contributed by atoms with Gasteiger partial charge in [-0.2, -0.15) is 0 Å². The van der Waals surface area contributed by atoms with Gasteiger partial charge >= 0.3 is 0 Å². The van der Waals surface area contributed by atoms with E-state index in [0.29, 0.717) is 17.9 Å². The molecule has 4 nitrogen and oxygen atoms in total. The van der Waals surface area contributed by atoms with Gasteiger partial charge < -0.3 is 16.5 Å². The van der Waals surface area contributed by atoms with Gasteiger partial charge in [-0.15, -0.1) is 0 Å². The van der Waals surface area contributed by atoms with Crippen LogP contribution in [0.15, 0.2) is 11.4 Å². The van der Waals surface area contributed by atoms with E-state index in [-0.39, 0.29) is 0 Å². The van der Waals surface area contributed by atoms with Gasteiger partial charge in [0.1, 0.15) is 5.82 Å². The van der Waals surface area contributed by atoms with Crippen LogP contribution < -0.4 is 11.1 Å². The van der Waals surface area contributed by atoms with Crippen LogP contribution in [0.2, 0.25) is 0 Å². The molecule has 12 heavy (non-hydrogen) atoms. The molecular weight excluding hydrogens is 154 g/mol. The molecule has 0 saturated heterocycles. The van der Waals surface area contributed by atoms with E-state index in [1.54, 1.807) is 0 Å². The van der Waals surface area contributed by atoms with Gasteiger partial charge in [-0.05, 0) is 25.7 Å². The van der Waals surface area contributed by atoms with Crippen LogP contribution >= 0.6 is 0 Å². The molecule has 0 unspecified atom stereocenters. The lowest BCUT2D eigenvalue weighted by molar-refractivity contribution is -0.108. The molecule has 0 bridgehead atoms. The highest BCUT2D eigenvalue weighted by molar-refractivity contribution is 5.99. The second kappa shape index (κ2) is 3.90. The number of hydrogen-bond acceptors (Lipinski definition) is 3.